The van der Waals surface area contributed by atoms with Crippen LogP contribution in [-0.2, 0) is 4.74 Å². The highest BCUT2D eigenvalue weighted by atomic mass is 16.5. The summed E-state index contributed by atoms with van der Waals surface area (Å²) in [7, 11) is 0. The second-order valence-corrected chi connectivity index (χ2v) is 6.42. The molecule has 1 heterocycles. The maximum Gasteiger partial charge on any atom is 0.0585 e. The van der Waals surface area contributed by atoms with Crippen molar-refractivity contribution in [2.24, 2.45) is 17.1 Å². The summed E-state index contributed by atoms with van der Waals surface area (Å²) in [5.74, 6) is 0.908. The van der Waals surface area contributed by atoms with Gasteiger partial charge in [-0.2, -0.15) is 0 Å². The van der Waals surface area contributed by atoms with Gasteiger partial charge in [0, 0.05) is 0 Å². The molecule has 0 bridgehead atoms. The summed E-state index contributed by atoms with van der Waals surface area (Å²) < 4.78 is 6.00. The Kier molecular flexibility index (Phi) is 4.48. The summed E-state index contributed by atoms with van der Waals surface area (Å²) in [6.07, 6.45) is 11.4. The highest BCUT2D eigenvalue weighted by molar-refractivity contribution is 4.90. The quantitative estimate of drug-likeness (QED) is 0.815. The maximum absolute atomic E-state index is 6.11. The van der Waals surface area contributed by atoms with Gasteiger partial charge < -0.3 is 10.5 Å². The highest BCUT2D eigenvalue weighted by Crippen LogP contribution is 2.45. The molecule has 2 fully saturated rings. The zero-order valence-electron chi connectivity index (χ0n) is 11.6. The first-order valence-electron chi connectivity index (χ1n) is 7.53. The molecule has 0 aromatic heterocycles. The zero-order chi connectivity index (χ0) is 12.3. The number of rotatable bonds is 4. The van der Waals surface area contributed by atoms with Gasteiger partial charge in [-0.25, -0.2) is 0 Å². The molecule has 2 aliphatic rings. The molecule has 2 N–H and O–H groups in total. The van der Waals surface area contributed by atoms with Crippen molar-refractivity contribution in [3.63, 3.8) is 0 Å². The summed E-state index contributed by atoms with van der Waals surface area (Å²) in [5.41, 5.74) is 6.51. The van der Waals surface area contributed by atoms with Gasteiger partial charge in [0.1, 0.15) is 0 Å². The molecule has 2 nitrogen and oxygen atoms in total. The molecule has 0 aromatic rings. The first-order valence-corrected chi connectivity index (χ1v) is 7.53. The third kappa shape index (κ3) is 3.23. The minimum Gasteiger partial charge on any atom is -0.375 e. The van der Waals surface area contributed by atoms with E-state index in [0.717, 1.165) is 12.5 Å². The van der Waals surface area contributed by atoms with Gasteiger partial charge in [-0.3, -0.25) is 0 Å². The minimum atomic E-state index is 0.396. The van der Waals surface area contributed by atoms with Crippen LogP contribution in [0.25, 0.3) is 0 Å². The molecule has 1 saturated heterocycles. The normalized spacial score (nSPS) is 42.9. The molecule has 100 valence electrons. The number of hydrogen-bond acceptors (Lipinski definition) is 2. The van der Waals surface area contributed by atoms with Crippen LogP contribution >= 0.6 is 0 Å². The lowest BCUT2D eigenvalue weighted by atomic mass is 9.66. The van der Waals surface area contributed by atoms with Crippen molar-refractivity contribution in [1.82, 2.24) is 0 Å². The van der Waals surface area contributed by atoms with Gasteiger partial charge in [0.25, 0.3) is 0 Å². The summed E-state index contributed by atoms with van der Waals surface area (Å²) in [6, 6.07) is 0. The van der Waals surface area contributed by atoms with E-state index in [1.54, 1.807) is 0 Å². The molecule has 1 saturated carbocycles. The predicted molar refractivity (Wildman–Crippen MR) is 71.9 cm³/mol. The smallest absolute Gasteiger partial charge is 0.0585 e. The van der Waals surface area contributed by atoms with Crippen molar-refractivity contribution >= 4 is 0 Å². The van der Waals surface area contributed by atoms with E-state index >= 15 is 0 Å². The average molecular weight is 239 g/mol. The average Bonchev–Trinajstić information content (AvgIpc) is 2.75. The van der Waals surface area contributed by atoms with Crippen LogP contribution in [0.1, 0.15) is 65.2 Å². The molecule has 17 heavy (non-hydrogen) atoms. The first kappa shape index (κ1) is 13.4. The van der Waals surface area contributed by atoms with Crippen molar-refractivity contribution in [2.75, 3.05) is 6.54 Å². The lowest BCUT2D eigenvalue weighted by molar-refractivity contribution is 0.00549. The van der Waals surface area contributed by atoms with Crippen molar-refractivity contribution in [1.29, 1.82) is 0 Å². The Morgan fingerprint density at radius 1 is 1.29 bits per heavy atom. The first-order chi connectivity index (χ1) is 8.17. The molecule has 0 amide bonds. The molecular weight excluding hydrogens is 210 g/mol. The van der Waals surface area contributed by atoms with Gasteiger partial charge in [0.15, 0.2) is 0 Å². The largest absolute Gasteiger partial charge is 0.375 e. The van der Waals surface area contributed by atoms with Crippen molar-refractivity contribution in [3.05, 3.63) is 0 Å². The zero-order valence-corrected chi connectivity index (χ0v) is 11.6. The summed E-state index contributed by atoms with van der Waals surface area (Å²) in [4.78, 5) is 0. The van der Waals surface area contributed by atoms with Crippen LogP contribution in [0.15, 0.2) is 0 Å². The molecule has 4 unspecified atom stereocenters. The van der Waals surface area contributed by atoms with Gasteiger partial charge in [-0.1, -0.05) is 26.2 Å². The third-order valence-electron chi connectivity index (χ3n) is 5.03. The molecule has 2 rings (SSSR count). The lowest BCUT2D eigenvalue weighted by Crippen LogP contribution is -2.38. The van der Waals surface area contributed by atoms with E-state index in [4.69, 9.17) is 10.5 Å². The van der Waals surface area contributed by atoms with E-state index in [2.05, 4.69) is 13.8 Å². The fraction of sp³-hybridized carbons (Fsp3) is 1.00. The Bertz CT molecular complexity index is 243. The maximum atomic E-state index is 6.11. The number of hydrogen-bond donors (Lipinski definition) is 1. The highest BCUT2D eigenvalue weighted by Gasteiger charge is 2.38. The van der Waals surface area contributed by atoms with Gasteiger partial charge in [0.2, 0.25) is 0 Å². The Labute approximate surface area is 106 Å². The van der Waals surface area contributed by atoms with Crippen LogP contribution < -0.4 is 5.73 Å². The van der Waals surface area contributed by atoms with Crippen LogP contribution in [0.3, 0.4) is 0 Å². The Morgan fingerprint density at radius 3 is 2.71 bits per heavy atom. The molecule has 4 atom stereocenters. The van der Waals surface area contributed by atoms with E-state index in [1.165, 1.54) is 51.4 Å². The van der Waals surface area contributed by atoms with Gasteiger partial charge >= 0.3 is 0 Å². The van der Waals surface area contributed by atoms with E-state index in [0.29, 0.717) is 17.6 Å². The summed E-state index contributed by atoms with van der Waals surface area (Å²) >= 11 is 0. The molecular formula is C15H29NO. The Hall–Kier alpha value is -0.0800. The lowest BCUT2D eigenvalue weighted by Gasteiger charge is -2.41. The van der Waals surface area contributed by atoms with E-state index in [9.17, 15) is 0 Å². The van der Waals surface area contributed by atoms with Crippen molar-refractivity contribution < 1.29 is 4.74 Å². The van der Waals surface area contributed by atoms with E-state index in [1.807, 2.05) is 0 Å². The van der Waals surface area contributed by atoms with E-state index in [-0.39, 0.29) is 0 Å². The number of nitrogens with two attached hydrogens (primary N) is 1. The fourth-order valence-corrected chi connectivity index (χ4v) is 3.90. The molecule has 0 aromatic carbocycles. The number of ether oxygens (including phenoxy) is 1. The van der Waals surface area contributed by atoms with Crippen molar-refractivity contribution in [2.45, 2.75) is 77.4 Å². The summed E-state index contributed by atoms with van der Waals surface area (Å²) in [5, 5.41) is 0. The second kappa shape index (κ2) is 5.71. The minimum absolute atomic E-state index is 0.396. The molecule has 0 radical (unpaired) electrons. The molecule has 1 aliphatic heterocycles. The van der Waals surface area contributed by atoms with Crippen LogP contribution in [0.5, 0.6) is 0 Å². The Morgan fingerprint density at radius 2 is 2.12 bits per heavy atom. The standard InChI is InChI=1S/C15H29NO/c1-3-13-5-4-8-15(9-13,11-16)10-14-7-6-12(2)17-14/h12-14H,3-11,16H2,1-2H3. The van der Waals surface area contributed by atoms with Crippen LogP contribution in [0.4, 0.5) is 0 Å². The van der Waals surface area contributed by atoms with Gasteiger partial charge in [-0.15, -0.1) is 0 Å². The van der Waals surface area contributed by atoms with Crippen LogP contribution in [0, 0.1) is 11.3 Å². The van der Waals surface area contributed by atoms with Gasteiger partial charge in [-0.05, 0) is 56.9 Å². The fourth-order valence-electron chi connectivity index (χ4n) is 3.90. The second-order valence-electron chi connectivity index (χ2n) is 6.42. The molecule has 2 heteroatoms. The summed E-state index contributed by atoms with van der Waals surface area (Å²) in [6.45, 7) is 5.38. The van der Waals surface area contributed by atoms with E-state index < -0.39 is 0 Å². The van der Waals surface area contributed by atoms with Gasteiger partial charge in [0.05, 0.1) is 12.2 Å². The third-order valence-corrected chi connectivity index (χ3v) is 5.03. The van der Waals surface area contributed by atoms with Crippen LogP contribution in [0.2, 0.25) is 0 Å². The topological polar surface area (TPSA) is 35.2 Å². The predicted octanol–water partition coefficient (Wildman–Crippen LogP) is 3.49. The van der Waals surface area contributed by atoms with Crippen LogP contribution in [-0.4, -0.2) is 18.8 Å². The molecule has 0 spiro atoms. The SMILES string of the molecule is CCC1CCCC(CN)(CC2CCC(C)O2)C1. The van der Waals surface area contributed by atoms with Crippen molar-refractivity contribution in [3.8, 4) is 0 Å². The Balaban J connectivity index is 1.93. The molecule has 1 aliphatic carbocycles. The monoisotopic (exact) mass is 239 g/mol.